The summed E-state index contributed by atoms with van der Waals surface area (Å²) in [5.41, 5.74) is 2.02. The van der Waals surface area contributed by atoms with Gasteiger partial charge >= 0.3 is 5.97 Å². The van der Waals surface area contributed by atoms with Crippen LogP contribution in [0.4, 0.5) is 0 Å². The van der Waals surface area contributed by atoms with Crippen molar-refractivity contribution in [2.75, 3.05) is 6.61 Å². The van der Waals surface area contributed by atoms with Crippen molar-refractivity contribution < 1.29 is 19.4 Å². The van der Waals surface area contributed by atoms with Crippen LogP contribution >= 0.6 is 0 Å². The number of rotatable bonds is 9. The Labute approximate surface area is 207 Å². The Hall–Kier alpha value is -1.42. The summed E-state index contributed by atoms with van der Waals surface area (Å²) in [5.74, 6) is 2.04. The molecule has 0 spiro atoms. The predicted octanol–water partition coefficient (Wildman–Crippen LogP) is 6.67. The molecule has 34 heavy (non-hydrogen) atoms. The van der Waals surface area contributed by atoms with E-state index in [1.54, 1.807) is 0 Å². The van der Waals surface area contributed by atoms with Crippen molar-refractivity contribution in [3.05, 3.63) is 23.8 Å². The Bertz CT molecular complexity index is 811. The van der Waals surface area contributed by atoms with Crippen molar-refractivity contribution in [2.45, 2.75) is 105 Å². The van der Waals surface area contributed by atoms with E-state index in [1.165, 1.54) is 12.5 Å². The minimum atomic E-state index is -0.419. The van der Waals surface area contributed by atoms with E-state index in [1.807, 2.05) is 0 Å². The third-order valence-electron chi connectivity index (χ3n) is 9.98. The van der Waals surface area contributed by atoms with Crippen LogP contribution in [0, 0.1) is 40.4 Å². The van der Waals surface area contributed by atoms with Crippen LogP contribution in [0.25, 0.3) is 0 Å². The number of ether oxygens (including phenoxy) is 1. The van der Waals surface area contributed by atoms with Crippen molar-refractivity contribution in [1.29, 1.82) is 0 Å². The Morgan fingerprint density at radius 2 is 1.94 bits per heavy atom. The molecule has 0 aromatic carbocycles. The number of hydrogen-bond acceptors (Lipinski definition) is 4. The van der Waals surface area contributed by atoms with Crippen molar-refractivity contribution >= 4 is 11.8 Å². The molecule has 0 aliphatic heterocycles. The number of esters is 1. The Morgan fingerprint density at radius 1 is 1.24 bits per heavy atom. The molecule has 2 saturated carbocycles. The lowest BCUT2D eigenvalue weighted by Crippen LogP contribution is -2.47. The average molecular weight is 473 g/mol. The van der Waals surface area contributed by atoms with Crippen LogP contribution in [0.15, 0.2) is 23.8 Å². The van der Waals surface area contributed by atoms with Crippen LogP contribution in [0.3, 0.4) is 0 Å². The van der Waals surface area contributed by atoms with Gasteiger partial charge in [0.1, 0.15) is 5.78 Å². The van der Waals surface area contributed by atoms with Gasteiger partial charge in [0, 0.05) is 18.3 Å². The van der Waals surface area contributed by atoms with E-state index in [2.05, 4.69) is 47.3 Å². The minimum absolute atomic E-state index is 0.0224. The summed E-state index contributed by atoms with van der Waals surface area (Å²) in [6.45, 7) is 17.5. The van der Waals surface area contributed by atoms with Crippen LogP contribution in [0.1, 0.15) is 99.3 Å². The van der Waals surface area contributed by atoms with Crippen molar-refractivity contribution in [3.8, 4) is 0 Å². The SMILES string of the molecule is C=C(CC[C@@H](C)[C@H]1CC[C@@H]([C@@H]2CC=C3C[C@@H](O)CC[C@]3(C)C2=O)[C@]1(C)CCOC(C)=O)C(C)C. The van der Waals surface area contributed by atoms with Crippen LogP contribution in [0.5, 0.6) is 0 Å². The molecule has 0 saturated heterocycles. The maximum Gasteiger partial charge on any atom is 0.302 e. The van der Waals surface area contributed by atoms with Gasteiger partial charge in [-0.1, -0.05) is 51.5 Å². The van der Waals surface area contributed by atoms with E-state index in [0.29, 0.717) is 48.9 Å². The first-order valence-corrected chi connectivity index (χ1v) is 13.6. The number of Topliss-reactive ketones (excluding diaryl/α,β-unsaturated/α-hetero) is 1. The standard InChI is InChI=1S/C30H48O4/c1-19(2)20(3)8-9-21(4)26-12-13-27(30(26,7)16-17-34-22(5)31)25-11-10-23-18-24(32)14-15-29(23,6)28(25)33/h10,19,21,24-27,32H,3,8-9,11-18H2,1-2,4-7H3/t21-,24+,25+,26-,27+,29+,30-/m1/s1. The Balaban J connectivity index is 1.83. The van der Waals surface area contributed by atoms with Gasteiger partial charge in [-0.15, -0.1) is 0 Å². The van der Waals surface area contributed by atoms with Crippen molar-refractivity contribution in [1.82, 2.24) is 0 Å². The van der Waals surface area contributed by atoms with Gasteiger partial charge in [0.2, 0.25) is 0 Å². The van der Waals surface area contributed by atoms with Crippen molar-refractivity contribution in [2.24, 2.45) is 40.4 Å². The Morgan fingerprint density at radius 3 is 2.59 bits per heavy atom. The Kier molecular flexibility index (Phi) is 8.54. The summed E-state index contributed by atoms with van der Waals surface area (Å²) in [4.78, 5) is 25.5. The molecule has 0 bridgehead atoms. The molecule has 3 rings (SSSR count). The smallest absolute Gasteiger partial charge is 0.302 e. The number of allylic oxidation sites excluding steroid dienone is 2. The topological polar surface area (TPSA) is 63.6 Å². The van der Waals surface area contributed by atoms with Gasteiger partial charge in [-0.25, -0.2) is 0 Å². The molecule has 0 aromatic heterocycles. The third kappa shape index (κ3) is 5.37. The van der Waals surface area contributed by atoms with E-state index in [-0.39, 0.29) is 23.4 Å². The van der Waals surface area contributed by atoms with Gasteiger partial charge < -0.3 is 9.84 Å². The molecule has 1 N–H and O–H groups in total. The van der Waals surface area contributed by atoms with E-state index in [9.17, 15) is 14.7 Å². The summed E-state index contributed by atoms with van der Waals surface area (Å²) in [7, 11) is 0. The van der Waals surface area contributed by atoms with Crippen LogP contribution in [-0.2, 0) is 14.3 Å². The highest BCUT2D eigenvalue weighted by molar-refractivity contribution is 5.91. The predicted molar refractivity (Wildman–Crippen MR) is 137 cm³/mol. The molecular weight excluding hydrogens is 424 g/mol. The molecule has 2 fully saturated rings. The minimum Gasteiger partial charge on any atom is -0.466 e. The number of ketones is 1. The molecule has 0 heterocycles. The average Bonchev–Trinajstić information content (AvgIpc) is 3.10. The molecule has 0 aromatic rings. The summed E-state index contributed by atoms with van der Waals surface area (Å²) >= 11 is 0. The second-order valence-electron chi connectivity index (χ2n) is 12.4. The van der Waals surface area contributed by atoms with Crippen molar-refractivity contribution in [3.63, 3.8) is 0 Å². The molecule has 4 nitrogen and oxygen atoms in total. The van der Waals surface area contributed by atoms with Gasteiger partial charge in [-0.2, -0.15) is 0 Å². The van der Waals surface area contributed by atoms with E-state index < -0.39 is 5.41 Å². The van der Waals surface area contributed by atoms with Gasteiger partial charge in [-0.05, 0) is 93.8 Å². The maximum absolute atomic E-state index is 14.0. The zero-order valence-corrected chi connectivity index (χ0v) is 22.5. The molecular formula is C30H48O4. The fourth-order valence-corrected chi connectivity index (χ4v) is 7.50. The lowest BCUT2D eigenvalue weighted by molar-refractivity contribution is -0.143. The number of aliphatic hydroxyl groups is 1. The van der Waals surface area contributed by atoms with E-state index in [0.717, 1.165) is 50.5 Å². The molecule has 192 valence electrons. The quantitative estimate of drug-likeness (QED) is 0.301. The van der Waals surface area contributed by atoms with E-state index in [4.69, 9.17) is 4.74 Å². The summed E-state index contributed by atoms with van der Waals surface area (Å²) in [6.07, 6.45) is 10.0. The lowest BCUT2D eigenvalue weighted by Gasteiger charge is -2.48. The zero-order valence-electron chi connectivity index (χ0n) is 22.5. The number of carbonyl (C=O) groups is 2. The molecule has 0 unspecified atom stereocenters. The molecule has 7 atom stereocenters. The van der Waals surface area contributed by atoms with Crippen LogP contribution in [-0.4, -0.2) is 29.6 Å². The van der Waals surface area contributed by atoms with Gasteiger partial charge in [-0.3, -0.25) is 9.59 Å². The van der Waals surface area contributed by atoms with Gasteiger partial charge in [0.15, 0.2) is 0 Å². The molecule has 0 radical (unpaired) electrons. The summed E-state index contributed by atoms with van der Waals surface area (Å²) < 4.78 is 5.43. The fraction of sp³-hybridized carbons (Fsp3) is 0.800. The number of aliphatic hydroxyl groups excluding tert-OH is 1. The summed E-state index contributed by atoms with van der Waals surface area (Å²) in [6, 6.07) is 0. The monoisotopic (exact) mass is 472 g/mol. The molecule has 0 amide bonds. The van der Waals surface area contributed by atoms with Gasteiger partial charge in [0.25, 0.3) is 0 Å². The maximum atomic E-state index is 14.0. The highest BCUT2D eigenvalue weighted by atomic mass is 16.5. The second-order valence-corrected chi connectivity index (χ2v) is 12.4. The molecule has 4 heteroatoms. The first-order valence-electron chi connectivity index (χ1n) is 13.6. The molecule has 3 aliphatic carbocycles. The largest absolute Gasteiger partial charge is 0.466 e. The third-order valence-corrected chi connectivity index (χ3v) is 9.98. The lowest BCUT2D eigenvalue weighted by atomic mass is 9.56. The highest BCUT2D eigenvalue weighted by Gasteiger charge is 2.55. The zero-order chi connectivity index (χ0) is 25.3. The van der Waals surface area contributed by atoms with Crippen LogP contribution < -0.4 is 0 Å². The van der Waals surface area contributed by atoms with E-state index >= 15 is 0 Å². The fourth-order valence-electron chi connectivity index (χ4n) is 7.50. The number of fused-ring (bicyclic) bond motifs is 1. The number of hydrogen-bond donors (Lipinski definition) is 1. The first-order chi connectivity index (χ1) is 15.9. The molecule has 3 aliphatic rings. The van der Waals surface area contributed by atoms with Gasteiger partial charge in [0.05, 0.1) is 12.7 Å². The number of carbonyl (C=O) groups excluding carboxylic acids is 2. The second kappa shape index (κ2) is 10.7. The normalized spacial score (nSPS) is 36.7. The summed E-state index contributed by atoms with van der Waals surface area (Å²) in [5, 5.41) is 10.2. The highest BCUT2D eigenvalue weighted by Crippen LogP contribution is 2.59. The first kappa shape index (κ1) is 27.2. The van der Waals surface area contributed by atoms with Crippen LogP contribution in [0.2, 0.25) is 0 Å².